The molecule has 12 nitrogen and oxygen atoms in total. The van der Waals surface area contributed by atoms with Crippen LogP contribution in [0.25, 0.3) is 6.08 Å². The molecule has 4 aromatic carbocycles. The number of carbonyl (C=O) groups excluding carboxylic acids is 3. The van der Waals surface area contributed by atoms with E-state index in [1.807, 2.05) is 24.3 Å². The number of rotatable bonds is 13. The molecule has 0 bridgehead atoms. The molecule has 0 spiro atoms. The van der Waals surface area contributed by atoms with E-state index in [2.05, 4.69) is 34.6 Å². The number of methoxy groups -OCH3 is 1. The maximum Gasteiger partial charge on any atom is 0.343 e. The monoisotopic (exact) mass is 635 g/mol. The summed E-state index contributed by atoms with van der Waals surface area (Å²) in [5.74, 6) is -1.53. The molecule has 0 saturated carbocycles. The van der Waals surface area contributed by atoms with Gasteiger partial charge in [-0.3, -0.25) is 19.7 Å². The number of esters is 1. The van der Waals surface area contributed by atoms with Gasteiger partial charge in [0.15, 0.2) is 11.5 Å². The molecule has 240 valence electrons. The highest BCUT2D eigenvalue weighted by molar-refractivity contribution is 6.05. The van der Waals surface area contributed by atoms with E-state index in [-0.39, 0.29) is 28.4 Å². The van der Waals surface area contributed by atoms with Crippen molar-refractivity contribution in [3.8, 4) is 11.5 Å². The fraction of sp³-hybridized carbons (Fsp3) is 0.143. The summed E-state index contributed by atoms with van der Waals surface area (Å²) < 4.78 is 10.8. The van der Waals surface area contributed by atoms with E-state index in [1.165, 1.54) is 43.7 Å². The minimum absolute atomic E-state index is 0.0160. The van der Waals surface area contributed by atoms with E-state index >= 15 is 0 Å². The van der Waals surface area contributed by atoms with Gasteiger partial charge in [-0.1, -0.05) is 30.3 Å². The number of carbonyl (C=O) groups is 3. The van der Waals surface area contributed by atoms with Crippen molar-refractivity contribution in [2.24, 2.45) is 5.10 Å². The number of nitrogens with one attached hydrogen (secondary N) is 2. The number of nitrogens with zero attached hydrogens (tertiary/aromatic N) is 3. The van der Waals surface area contributed by atoms with Gasteiger partial charge in [0, 0.05) is 36.5 Å². The van der Waals surface area contributed by atoms with Crippen LogP contribution < -0.4 is 25.1 Å². The van der Waals surface area contributed by atoms with Crippen molar-refractivity contribution in [1.82, 2.24) is 10.7 Å². The lowest BCUT2D eigenvalue weighted by molar-refractivity contribution is -0.384. The van der Waals surface area contributed by atoms with Crippen molar-refractivity contribution >= 4 is 41.4 Å². The summed E-state index contributed by atoms with van der Waals surface area (Å²) in [7, 11) is 1.39. The molecule has 4 rings (SSSR count). The van der Waals surface area contributed by atoms with Gasteiger partial charge in [-0.05, 0) is 85.6 Å². The Labute approximate surface area is 271 Å². The number of nitro benzene ring substituents is 1. The minimum atomic E-state index is -0.730. The first-order chi connectivity index (χ1) is 22.7. The summed E-state index contributed by atoms with van der Waals surface area (Å²) in [6, 6.07) is 25.8. The second-order valence-corrected chi connectivity index (χ2v) is 9.94. The molecular formula is C35H33N5O7. The second-order valence-electron chi connectivity index (χ2n) is 9.94. The predicted molar refractivity (Wildman–Crippen MR) is 179 cm³/mol. The minimum Gasteiger partial charge on any atom is -0.493 e. The van der Waals surface area contributed by atoms with E-state index in [0.717, 1.165) is 18.8 Å². The molecule has 4 aromatic rings. The zero-order valence-corrected chi connectivity index (χ0v) is 26.0. The molecule has 0 saturated heterocycles. The van der Waals surface area contributed by atoms with Crippen molar-refractivity contribution in [3.63, 3.8) is 0 Å². The van der Waals surface area contributed by atoms with Crippen LogP contribution in [-0.4, -0.2) is 49.1 Å². The Bertz CT molecular complexity index is 1780. The largest absolute Gasteiger partial charge is 0.493 e. The number of hydrogen-bond donors (Lipinski definition) is 2. The predicted octanol–water partition coefficient (Wildman–Crippen LogP) is 5.59. The zero-order valence-electron chi connectivity index (χ0n) is 26.0. The summed E-state index contributed by atoms with van der Waals surface area (Å²) in [5.41, 5.74) is 5.02. The standard InChI is InChI=1S/C35H33N5O7/c1-4-39(5-2)28-16-11-24(12-17-28)21-30(37-33(41)26-9-7-6-8-10-26)34(42)38-36-23-25-13-20-31(32(22-25)46-3)47-35(43)27-14-18-29(19-15-27)40(44)45/h6-23H,4-5H2,1-3H3,(H,37,41)(H,38,42)/b30-21+,36-23+. The molecule has 0 aliphatic heterocycles. The quantitative estimate of drug-likeness (QED) is 0.0482. The highest BCUT2D eigenvalue weighted by Crippen LogP contribution is 2.28. The number of hydrogen-bond acceptors (Lipinski definition) is 9. The lowest BCUT2D eigenvalue weighted by atomic mass is 10.1. The second kappa shape index (κ2) is 16.1. The maximum absolute atomic E-state index is 13.2. The first-order valence-corrected chi connectivity index (χ1v) is 14.6. The van der Waals surface area contributed by atoms with Gasteiger partial charge < -0.3 is 19.7 Å². The number of ether oxygens (including phenoxy) is 2. The fourth-order valence-corrected chi connectivity index (χ4v) is 4.43. The normalized spacial score (nSPS) is 11.1. The van der Waals surface area contributed by atoms with Crippen LogP contribution in [0.15, 0.2) is 108 Å². The highest BCUT2D eigenvalue weighted by Gasteiger charge is 2.16. The number of hydrazone groups is 1. The van der Waals surface area contributed by atoms with Gasteiger partial charge in [0.2, 0.25) is 0 Å². The average Bonchev–Trinajstić information content (AvgIpc) is 3.10. The van der Waals surface area contributed by atoms with E-state index in [0.29, 0.717) is 16.7 Å². The first-order valence-electron chi connectivity index (χ1n) is 14.6. The molecule has 0 atom stereocenters. The third kappa shape index (κ3) is 9.11. The van der Waals surface area contributed by atoms with Crippen LogP contribution in [0.2, 0.25) is 0 Å². The Morgan fingerprint density at radius 3 is 2.13 bits per heavy atom. The van der Waals surface area contributed by atoms with Crippen molar-refractivity contribution in [1.29, 1.82) is 0 Å². The molecule has 2 N–H and O–H groups in total. The topological polar surface area (TPSA) is 152 Å². The van der Waals surface area contributed by atoms with E-state index in [9.17, 15) is 24.5 Å². The summed E-state index contributed by atoms with van der Waals surface area (Å²) in [5, 5.41) is 17.6. The van der Waals surface area contributed by atoms with Crippen LogP contribution in [0.5, 0.6) is 11.5 Å². The fourth-order valence-electron chi connectivity index (χ4n) is 4.43. The van der Waals surface area contributed by atoms with E-state index in [1.54, 1.807) is 48.5 Å². The number of nitro groups is 1. The van der Waals surface area contributed by atoms with Crippen molar-refractivity contribution in [2.45, 2.75) is 13.8 Å². The van der Waals surface area contributed by atoms with Crippen LogP contribution in [-0.2, 0) is 4.79 Å². The smallest absolute Gasteiger partial charge is 0.343 e. The molecule has 2 amide bonds. The van der Waals surface area contributed by atoms with Gasteiger partial charge >= 0.3 is 5.97 Å². The summed E-state index contributed by atoms with van der Waals surface area (Å²) in [6.07, 6.45) is 2.92. The third-order valence-corrected chi connectivity index (χ3v) is 6.95. The van der Waals surface area contributed by atoms with Crippen molar-refractivity contribution in [3.05, 3.63) is 135 Å². The molecule has 12 heteroatoms. The molecule has 0 aliphatic rings. The first kappa shape index (κ1) is 33.6. The molecule has 0 heterocycles. The third-order valence-electron chi connectivity index (χ3n) is 6.95. The Morgan fingerprint density at radius 2 is 1.51 bits per heavy atom. The molecular weight excluding hydrogens is 602 g/mol. The van der Waals surface area contributed by atoms with Crippen molar-refractivity contribution < 1.29 is 28.8 Å². The Morgan fingerprint density at radius 1 is 0.851 bits per heavy atom. The van der Waals surface area contributed by atoms with E-state index in [4.69, 9.17) is 9.47 Å². The average molecular weight is 636 g/mol. The highest BCUT2D eigenvalue weighted by atomic mass is 16.6. The summed E-state index contributed by atoms with van der Waals surface area (Å²) in [6.45, 7) is 5.85. The molecule has 0 unspecified atom stereocenters. The van der Waals surface area contributed by atoms with Gasteiger partial charge in [-0.2, -0.15) is 5.10 Å². The molecule has 47 heavy (non-hydrogen) atoms. The van der Waals surface area contributed by atoms with Crippen LogP contribution in [0.4, 0.5) is 11.4 Å². The Balaban J connectivity index is 1.49. The van der Waals surface area contributed by atoms with Gasteiger partial charge in [-0.25, -0.2) is 10.2 Å². The summed E-state index contributed by atoms with van der Waals surface area (Å²) >= 11 is 0. The number of benzene rings is 4. The molecule has 0 radical (unpaired) electrons. The van der Waals surface area contributed by atoms with Gasteiger partial charge in [0.25, 0.3) is 17.5 Å². The SMILES string of the molecule is CCN(CC)c1ccc(/C=C(/NC(=O)c2ccccc2)C(=O)N/N=C/c2ccc(OC(=O)c3ccc([N+](=O)[O-])cc3)c(OC)c2)cc1. The number of non-ortho nitro benzene ring substituents is 1. The number of anilines is 1. The van der Waals surface area contributed by atoms with Gasteiger partial charge in [-0.15, -0.1) is 0 Å². The summed E-state index contributed by atoms with van der Waals surface area (Å²) in [4.78, 5) is 51.2. The van der Waals surface area contributed by atoms with Crippen LogP contribution in [0.1, 0.15) is 45.7 Å². The molecule has 0 aromatic heterocycles. The Hall–Kier alpha value is -6.30. The molecule has 0 fully saturated rings. The number of amides is 2. The van der Waals surface area contributed by atoms with Crippen LogP contribution >= 0.6 is 0 Å². The zero-order chi connectivity index (χ0) is 33.8. The Kier molecular flexibility index (Phi) is 11.5. The lowest BCUT2D eigenvalue weighted by Gasteiger charge is -2.20. The lowest BCUT2D eigenvalue weighted by Crippen LogP contribution is -2.32. The van der Waals surface area contributed by atoms with Crippen LogP contribution in [0.3, 0.4) is 0 Å². The van der Waals surface area contributed by atoms with Crippen LogP contribution in [0, 0.1) is 10.1 Å². The van der Waals surface area contributed by atoms with Gasteiger partial charge in [0.05, 0.1) is 23.8 Å². The molecule has 0 aliphatic carbocycles. The van der Waals surface area contributed by atoms with Gasteiger partial charge in [0.1, 0.15) is 5.70 Å². The van der Waals surface area contributed by atoms with Crippen molar-refractivity contribution in [2.75, 3.05) is 25.1 Å². The maximum atomic E-state index is 13.2. The van der Waals surface area contributed by atoms with E-state index < -0.39 is 22.7 Å².